The van der Waals surface area contributed by atoms with Crippen LogP contribution in [0.1, 0.15) is 107 Å². The third-order valence-corrected chi connectivity index (χ3v) is 20.8. The van der Waals surface area contributed by atoms with Crippen molar-refractivity contribution in [2.75, 3.05) is 26.4 Å². The average Bonchev–Trinajstić information content (AvgIpc) is 2.93. The molecule has 0 aromatic carbocycles. The van der Waals surface area contributed by atoms with Gasteiger partial charge in [0.1, 0.15) is 97.7 Å². The second-order valence-corrected chi connectivity index (χ2v) is 25.9. The summed E-state index contributed by atoms with van der Waals surface area (Å²) in [7, 11) is 0. The lowest BCUT2D eigenvalue weighted by Gasteiger charge is -2.67. The monoisotopic (exact) mass is 1120 g/mol. The highest BCUT2D eigenvalue weighted by Crippen LogP contribution is 2.75. The van der Waals surface area contributed by atoms with Crippen molar-refractivity contribution in [2.24, 2.45) is 45.3 Å². The zero-order valence-corrected chi connectivity index (χ0v) is 46.1. The molecular formula is C54H92O24. The fourth-order valence-electron chi connectivity index (χ4n) is 15.6. The molecule has 4 saturated heterocycles. The minimum absolute atomic E-state index is 0.0338. The molecule has 0 amide bonds. The Balaban J connectivity index is 0.940. The van der Waals surface area contributed by atoms with Crippen molar-refractivity contribution in [2.45, 2.75) is 253 Å². The normalized spacial score (nSPS) is 51.4. The van der Waals surface area contributed by atoms with Gasteiger partial charge in [-0.25, -0.2) is 0 Å². The van der Waals surface area contributed by atoms with Crippen molar-refractivity contribution in [1.29, 1.82) is 0 Å². The van der Waals surface area contributed by atoms with Crippen molar-refractivity contribution in [3.05, 3.63) is 11.6 Å². The Morgan fingerprint density at radius 1 is 0.590 bits per heavy atom. The number of ether oxygens (including phenoxy) is 8. The fraction of sp³-hybridized carbons (Fsp3) is 0.963. The second kappa shape index (κ2) is 23.7. The summed E-state index contributed by atoms with van der Waals surface area (Å²) in [5.41, 5.74) is -2.12. The molecule has 30 atom stereocenters. The molecule has 3 saturated carbocycles. The van der Waals surface area contributed by atoms with Crippen LogP contribution in [0, 0.1) is 45.3 Å². The summed E-state index contributed by atoms with van der Waals surface area (Å²) in [5, 5.41) is 172. The number of hydrogen-bond acceptors (Lipinski definition) is 24. The van der Waals surface area contributed by atoms with Crippen LogP contribution in [0.5, 0.6) is 0 Å². The Morgan fingerprint density at radius 2 is 1.09 bits per heavy atom. The molecule has 7 fully saturated rings. The average molecular weight is 1130 g/mol. The van der Waals surface area contributed by atoms with E-state index in [-0.39, 0.29) is 40.9 Å². The minimum atomic E-state index is -1.85. The zero-order valence-electron chi connectivity index (χ0n) is 46.1. The first-order valence-electron chi connectivity index (χ1n) is 28.0. The maximum atomic E-state index is 12.7. The molecule has 0 radical (unpaired) electrons. The molecule has 24 nitrogen and oxygen atoms in total. The first kappa shape index (κ1) is 62.8. The summed E-state index contributed by atoms with van der Waals surface area (Å²) in [6, 6.07) is 0. The van der Waals surface area contributed by atoms with Gasteiger partial charge in [0, 0.05) is 10.8 Å². The Morgan fingerprint density at radius 3 is 1.65 bits per heavy atom. The minimum Gasteiger partial charge on any atom is -0.394 e. The van der Waals surface area contributed by atoms with Gasteiger partial charge in [-0.3, -0.25) is 0 Å². The van der Waals surface area contributed by atoms with Crippen molar-refractivity contribution in [3.8, 4) is 0 Å². The molecule has 4 heterocycles. The van der Waals surface area contributed by atoms with E-state index in [1.807, 2.05) is 0 Å². The summed E-state index contributed by atoms with van der Waals surface area (Å²) >= 11 is 0. The number of aliphatic hydroxyl groups excluding tert-OH is 15. The third-order valence-electron chi connectivity index (χ3n) is 20.8. The van der Waals surface area contributed by atoms with Crippen LogP contribution in [0.25, 0.3) is 0 Å². The molecule has 8 rings (SSSR count). The highest BCUT2D eigenvalue weighted by molar-refractivity contribution is 5.32. The first-order chi connectivity index (χ1) is 36.4. The molecule has 78 heavy (non-hydrogen) atoms. The van der Waals surface area contributed by atoms with Crippen LogP contribution in [0.4, 0.5) is 0 Å². The van der Waals surface area contributed by atoms with Gasteiger partial charge in [-0.15, -0.1) is 0 Å². The lowest BCUT2D eigenvalue weighted by Crippen LogP contribution is -2.65. The molecule has 24 heteroatoms. The van der Waals surface area contributed by atoms with Crippen LogP contribution >= 0.6 is 0 Å². The maximum absolute atomic E-state index is 12.7. The Bertz CT molecular complexity index is 2030. The van der Waals surface area contributed by atoms with E-state index < -0.39 is 184 Å². The van der Waals surface area contributed by atoms with Crippen LogP contribution in [0.2, 0.25) is 0 Å². The van der Waals surface area contributed by atoms with Crippen LogP contribution < -0.4 is 0 Å². The number of rotatable bonds is 17. The smallest absolute Gasteiger partial charge is 0.187 e. The Hall–Kier alpha value is -1.22. The van der Waals surface area contributed by atoms with Gasteiger partial charge in [-0.05, 0) is 99.7 Å². The van der Waals surface area contributed by atoms with Crippen LogP contribution in [-0.4, -0.2) is 255 Å². The predicted molar refractivity (Wildman–Crippen MR) is 268 cm³/mol. The van der Waals surface area contributed by atoms with Gasteiger partial charge in [0.25, 0.3) is 0 Å². The first-order valence-corrected chi connectivity index (χ1v) is 28.0. The van der Waals surface area contributed by atoms with Gasteiger partial charge < -0.3 is 120 Å². The van der Waals surface area contributed by atoms with Gasteiger partial charge in [0.2, 0.25) is 0 Å². The highest BCUT2D eigenvalue weighted by Gasteiger charge is 2.70. The van der Waals surface area contributed by atoms with Crippen molar-refractivity contribution in [3.63, 3.8) is 0 Å². The molecule has 4 aliphatic carbocycles. The zero-order chi connectivity index (χ0) is 57.5. The van der Waals surface area contributed by atoms with Gasteiger partial charge >= 0.3 is 0 Å². The quantitative estimate of drug-likeness (QED) is 0.0637. The van der Waals surface area contributed by atoms with E-state index in [1.54, 1.807) is 13.8 Å². The predicted octanol–water partition coefficient (Wildman–Crippen LogP) is -3.23. The molecular weight excluding hydrogens is 1030 g/mol. The molecule has 0 aromatic heterocycles. The topological polar surface area (TPSA) is 398 Å². The van der Waals surface area contributed by atoms with E-state index >= 15 is 0 Å². The highest BCUT2D eigenvalue weighted by atomic mass is 16.8. The van der Waals surface area contributed by atoms with Gasteiger partial charge in [-0.2, -0.15) is 0 Å². The van der Waals surface area contributed by atoms with Crippen LogP contribution in [-0.2, 0) is 37.9 Å². The Kier molecular flexibility index (Phi) is 19.1. The molecule has 452 valence electrons. The van der Waals surface area contributed by atoms with E-state index in [1.165, 1.54) is 0 Å². The molecule has 0 spiro atoms. The molecule has 16 N–H and O–H groups in total. The summed E-state index contributed by atoms with van der Waals surface area (Å²) in [4.78, 5) is 0. The largest absolute Gasteiger partial charge is 0.394 e. The molecule has 4 unspecified atom stereocenters. The van der Waals surface area contributed by atoms with E-state index in [2.05, 4.69) is 47.6 Å². The second-order valence-electron chi connectivity index (χ2n) is 25.9. The van der Waals surface area contributed by atoms with Gasteiger partial charge in [-0.1, -0.05) is 53.2 Å². The van der Waals surface area contributed by atoms with E-state index in [0.29, 0.717) is 32.1 Å². The summed E-state index contributed by atoms with van der Waals surface area (Å²) in [6.07, 6.45) is -26.9. The van der Waals surface area contributed by atoms with Crippen molar-refractivity contribution < 1.29 is 120 Å². The molecule has 0 bridgehead atoms. The number of aliphatic hydroxyl groups is 16. The molecule has 4 aliphatic heterocycles. The van der Waals surface area contributed by atoms with Crippen molar-refractivity contribution in [1.82, 2.24) is 0 Å². The molecule has 0 aromatic rings. The standard InChI is InChI=1S/C54H92O24/c1-22(9-13-33(51(4,5)70)77-49-45(41(66)36(61)28(20-57)74-49)78-48-44(69)39(64)35(60)27(19-56)73-48)23-15-16-52(6)30-12-10-24-25(54(30,8)31(58)17-53(23,52)7)11-14-32(50(24,2)3)76-47-43(68)40(65)37(62)29(75-47)21-71-46-42(67)38(63)34(59)26(18-55)72-46/h10,22-23,25-49,55-70H,9,11-21H2,1-8H3/t22-,23?,25?,26-,27?,28-,29-,30?,31-,32+,33-,34-,35+,36-,37-,38+,39-,40+,41+,42-,43-,44+,45-,46+,47+,48-,49+,52+,53-,54+/m1/s1. The SMILES string of the molecule is C[C@H](CC[C@@H](O[C@@H]1O[C@H](CO)[C@@H](O)[C@H](O)[C@H]1O[C@H]1OC(CO)[C@H](O)[C@@H](O)[C@@H]1O)C(C)(C)O)C1CC[C@@]2(C)C3CC=C4C(CC[C@H](O[C@@H]5O[C@H](CO[C@H]6O[C@H](CO)[C@@H](O)[C@H](O)[C@H]6O)[C@@H](O)[C@H](O)[C@H]5O)C4(C)C)[C@]3(C)[C@H](O)C[C@]12C. The third kappa shape index (κ3) is 11.0. The lowest BCUT2D eigenvalue weighted by atomic mass is 9.38. The summed E-state index contributed by atoms with van der Waals surface area (Å²) < 4.78 is 47.5. The fourth-order valence-corrected chi connectivity index (χ4v) is 15.6. The van der Waals surface area contributed by atoms with Crippen molar-refractivity contribution >= 4 is 0 Å². The maximum Gasteiger partial charge on any atom is 0.187 e. The van der Waals surface area contributed by atoms with Crippen LogP contribution in [0.15, 0.2) is 11.6 Å². The number of fused-ring (bicyclic) bond motifs is 5. The van der Waals surface area contributed by atoms with E-state index in [4.69, 9.17) is 37.9 Å². The van der Waals surface area contributed by atoms with Gasteiger partial charge in [0.05, 0.1) is 50.3 Å². The summed E-state index contributed by atoms with van der Waals surface area (Å²) in [5.74, 6) is 0.236. The van der Waals surface area contributed by atoms with Gasteiger partial charge in [0.15, 0.2) is 25.2 Å². The number of allylic oxidation sites excluding steroid dienone is 1. The van der Waals surface area contributed by atoms with E-state index in [0.717, 1.165) is 18.4 Å². The van der Waals surface area contributed by atoms with Crippen LogP contribution in [0.3, 0.4) is 0 Å². The summed E-state index contributed by atoms with van der Waals surface area (Å²) in [6.45, 7) is 13.6. The van der Waals surface area contributed by atoms with E-state index in [9.17, 15) is 81.7 Å². The number of hydrogen-bond donors (Lipinski definition) is 16. The Labute approximate surface area is 455 Å². The lowest BCUT2D eigenvalue weighted by molar-refractivity contribution is -0.375. The molecule has 8 aliphatic rings.